The fourth-order valence-electron chi connectivity index (χ4n) is 2.15. The number of alkyl halides is 1. The van der Waals surface area contributed by atoms with Crippen molar-refractivity contribution in [3.05, 3.63) is 33.9 Å². The highest BCUT2D eigenvalue weighted by atomic mass is 35.5. The van der Waals surface area contributed by atoms with Crippen LogP contribution in [-0.2, 0) is 4.74 Å². The van der Waals surface area contributed by atoms with E-state index in [1.807, 2.05) is 6.92 Å². The number of benzene rings is 1. The maximum absolute atomic E-state index is 10.7. The van der Waals surface area contributed by atoms with Crippen LogP contribution in [-0.4, -0.2) is 29.1 Å². The van der Waals surface area contributed by atoms with Crippen LogP contribution in [0.3, 0.4) is 0 Å². The second-order valence-electron chi connectivity index (χ2n) is 4.95. The Balaban J connectivity index is 2.01. The van der Waals surface area contributed by atoms with E-state index in [2.05, 4.69) is 0 Å². The molecule has 6 heteroatoms. The highest BCUT2D eigenvalue weighted by molar-refractivity contribution is 6.21. The lowest BCUT2D eigenvalue weighted by Crippen LogP contribution is -2.52. The van der Waals surface area contributed by atoms with Crippen LogP contribution in [0.25, 0.3) is 0 Å². The number of halogens is 1. The minimum absolute atomic E-state index is 0.0232. The summed E-state index contributed by atoms with van der Waals surface area (Å²) in [7, 11) is 0. The summed E-state index contributed by atoms with van der Waals surface area (Å²) >= 11 is 6.12. The Morgan fingerprint density at radius 1 is 1.50 bits per heavy atom. The van der Waals surface area contributed by atoms with Crippen LogP contribution in [0.15, 0.2) is 18.2 Å². The van der Waals surface area contributed by atoms with Crippen LogP contribution >= 0.6 is 11.6 Å². The molecule has 2 rings (SSSR count). The molecule has 1 aromatic rings. The second kappa shape index (κ2) is 6.41. The van der Waals surface area contributed by atoms with Gasteiger partial charge in [0.25, 0.3) is 5.69 Å². The van der Waals surface area contributed by atoms with Gasteiger partial charge >= 0.3 is 0 Å². The predicted octanol–water partition coefficient (Wildman–Crippen LogP) is 3.46. The quantitative estimate of drug-likeness (QED) is 0.458. The summed E-state index contributed by atoms with van der Waals surface area (Å²) in [5, 5.41) is 10.7. The van der Waals surface area contributed by atoms with E-state index in [1.54, 1.807) is 13.0 Å². The van der Waals surface area contributed by atoms with Gasteiger partial charge in [0.1, 0.15) is 18.0 Å². The highest BCUT2D eigenvalue weighted by Crippen LogP contribution is 2.34. The topological polar surface area (TPSA) is 61.6 Å². The van der Waals surface area contributed by atoms with Crippen molar-refractivity contribution in [3.8, 4) is 5.75 Å². The second-order valence-corrected chi connectivity index (χ2v) is 5.51. The molecule has 0 aromatic heterocycles. The molecule has 0 N–H and O–H groups in total. The lowest BCUT2D eigenvalue weighted by molar-refractivity contribution is -0.384. The van der Waals surface area contributed by atoms with Gasteiger partial charge in [-0.2, -0.15) is 0 Å². The van der Waals surface area contributed by atoms with Crippen molar-refractivity contribution in [1.82, 2.24) is 0 Å². The van der Waals surface area contributed by atoms with E-state index in [-0.39, 0.29) is 23.3 Å². The standard InChI is InChI=1S/C14H18ClNO4/c1-3-6-19-14-11(15)8-13(14)20-12-5-4-10(16(17)18)7-9(12)2/h4-5,7,11,13-14H,3,6,8H2,1-2H3. The van der Waals surface area contributed by atoms with Crippen molar-refractivity contribution >= 4 is 17.3 Å². The Hall–Kier alpha value is -1.33. The molecule has 3 atom stereocenters. The molecule has 1 aromatic carbocycles. The Labute approximate surface area is 123 Å². The molecule has 1 aliphatic rings. The maximum atomic E-state index is 10.7. The zero-order chi connectivity index (χ0) is 14.7. The third-order valence-electron chi connectivity index (χ3n) is 3.34. The lowest BCUT2D eigenvalue weighted by Gasteiger charge is -2.40. The Morgan fingerprint density at radius 3 is 2.80 bits per heavy atom. The SMILES string of the molecule is CCCOC1C(Cl)CC1Oc1ccc([N+](=O)[O-])cc1C. The highest BCUT2D eigenvalue weighted by Gasteiger charge is 2.42. The molecule has 0 amide bonds. The van der Waals surface area contributed by atoms with Crippen LogP contribution in [0.4, 0.5) is 5.69 Å². The van der Waals surface area contributed by atoms with Gasteiger partial charge in [-0.25, -0.2) is 0 Å². The largest absolute Gasteiger partial charge is 0.487 e. The fraction of sp³-hybridized carbons (Fsp3) is 0.571. The third-order valence-corrected chi connectivity index (χ3v) is 3.77. The summed E-state index contributed by atoms with van der Waals surface area (Å²) in [6.45, 7) is 4.49. The predicted molar refractivity (Wildman–Crippen MR) is 76.5 cm³/mol. The Bertz CT molecular complexity index is 494. The smallest absolute Gasteiger partial charge is 0.269 e. The molecule has 0 bridgehead atoms. The number of hydrogen-bond donors (Lipinski definition) is 0. The van der Waals surface area contributed by atoms with E-state index in [0.717, 1.165) is 18.4 Å². The average Bonchev–Trinajstić information content (AvgIpc) is 2.40. The van der Waals surface area contributed by atoms with Gasteiger partial charge in [0.15, 0.2) is 0 Å². The molecule has 3 unspecified atom stereocenters. The van der Waals surface area contributed by atoms with Gasteiger partial charge in [0.2, 0.25) is 0 Å². The molecular formula is C14H18ClNO4. The van der Waals surface area contributed by atoms with E-state index in [0.29, 0.717) is 12.4 Å². The molecule has 20 heavy (non-hydrogen) atoms. The van der Waals surface area contributed by atoms with Crippen molar-refractivity contribution in [2.45, 2.75) is 44.3 Å². The van der Waals surface area contributed by atoms with Gasteiger partial charge < -0.3 is 9.47 Å². The molecule has 1 saturated carbocycles. The molecule has 0 aliphatic heterocycles. The van der Waals surface area contributed by atoms with E-state index in [9.17, 15) is 10.1 Å². The summed E-state index contributed by atoms with van der Waals surface area (Å²) in [5.41, 5.74) is 0.809. The van der Waals surface area contributed by atoms with E-state index in [4.69, 9.17) is 21.1 Å². The number of nitro benzene ring substituents is 1. The van der Waals surface area contributed by atoms with Crippen LogP contribution in [0.1, 0.15) is 25.3 Å². The first-order valence-electron chi connectivity index (χ1n) is 6.70. The average molecular weight is 300 g/mol. The van der Waals surface area contributed by atoms with Crippen molar-refractivity contribution < 1.29 is 14.4 Å². The van der Waals surface area contributed by atoms with E-state index in [1.165, 1.54) is 12.1 Å². The van der Waals surface area contributed by atoms with Gasteiger partial charge in [-0.3, -0.25) is 10.1 Å². The summed E-state index contributed by atoms with van der Waals surface area (Å²) in [6, 6.07) is 4.58. The van der Waals surface area contributed by atoms with Crippen molar-refractivity contribution in [1.29, 1.82) is 0 Å². The molecule has 0 spiro atoms. The number of ether oxygens (including phenoxy) is 2. The monoisotopic (exact) mass is 299 g/mol. The van der Waals surface area contributed by atoms with Gasteiger partial charge in [0, 0.05) is 25.2 Å². The molecule has 1 fully saturated rings. The molecule has 110 valence electrons. The van der Waals surface area contributed by atoms with Crippen LogP contribution in [0.5, 0.6) is 5.75 Å². The van der Waals surface area contributed by atoms with Gasteiger partial charge in [-0.05, 0) is 25.0 Å². The summed E-state index contributed by atoms with van der Waals surface area (Å²) < 4.78 is 11.5. The fourth-order valence-corrected chi connectivity index (χ4v) is 2.56. The first kappa shape index (κ1) is 15.1. The lowest BCUT2D eigenvalue weighted by atomic mass is 9.90. The molecule has 5 nitrogen and oxygen atoms in total. The zero-order valence-corrected chi connectivity index (χ0v) is 12.3. The normalized spacial score (nSPS) is 25.1. The number of nitrogens with zero attached hydrogens (tertiary/aromatic N) is 1. The van der Waals surface area contributed by atoms with Crippen LogP contribution < -0.4 is 4.74 Å². The zero-order valence-electron chi connectivity index (χ0n) is 11.5. The maximum Gasteiger partial charge on any atom is 0.269 e. The van der Waals surface area contributed by atoms with Crippen molar-refractivity contribution in [3.63, 3.8) is 0 Å². The van der Waals surface area contributed by atoms with E-state index < -0.39 is 4.92 Å². The van der Waals surface area contributed by atoms with Crippen LogP contribution in [0, 0.1) is 17.0 Å². The Kier molecular flexibility index (Phi) is 4.83. The molecule has 1 aliphatic carbocycles. The number of rotatable bonds is 6. The van der Waals surface area contributed by atoms with Crippen molar-refractivity contribution in [2.75, 3.05) is 6.61 Å². The summed E-state index contributed by atoms with van der Waals surface area (Å²) in [4.78, 5) is 10.3. The number of aryl methyl sites for hydroxylation is 1. The molecule has 0 heterocycles. The number of hydrogen-bond acceptors (Lipinski definition) is 4. The first-order valence-corrected chi connectivity index (χ1v) is 7.14. The van der Waals surface area contributed by atoms with Gasteiger partial charge in [-0.1, -0.05) is 6.92 Å². The first-order chi connectivity index (χ1) is 9.52. The summed E-state index contributed by atoms with van der Waals surface area (Å²) in [6.07, 6.45) is 1.48. The minimum atomic E-state index is -0.415. The molecule has 0 radical (unpaired) electrons. The number of nitro groups is 1. The van der Waals surface area contributed by atoms with E-state index >= 15 is 0 Å². The van der Waals surface area contributed by atoms with Gasteiger partial charge in [0.05, 0.1) is 10.3 Å². The number of non-ortho nitro benzene ring substituents is 1. The van der Waals surface area contributed by atoms with Crippen LogP contribution in [0.2, 0.25) is 0 Å². The minimum Gasteiger partial charge on any atom is -0.487 e. The Morgan fingerprint density at radius 2 is 2.25 bits per heavy atom. The van der Waals surface area contributed by atoms with Gasteiger partial charge in [-0.15, -0.1) is 11.6 Å². The summed E-state index contributed by atoms with van der Waals surface area (Å²) in [5.74, 6) is 0.647. The molecular weight excluding hydrogens is 282 g/mol. The van der Waals surface area contributed by atoms with Crippen molar-refractivity contribution in [2.24, 2.45) is 0 Å². The third kappa shape index (κ3) is 3.22. The molecule has 0 saturated heterocycles.